The number of aliphatic carboxylic acids is 1. The zero-order valence-electron chi connectivity index (χ0n) is 6.10. The molecular formula is C5H9ClN4O2. The molecule has 1 heterocycles. The molecule has 6 nitrogen and oxygen atoms in total. The fraction of sp³-hybridized carbons (Fsp3) is 0.400. The van der Waals surface area contributed by atoms with Crippen molar-refractivity contribution < 1.29 is 9.90 Å². The lowest BCUT2D eigenvalue weighted by Crippen LogP contribution is -2.32. The van der Waals surface area contributed by atoms with Gasteiger partial charge in [-0.2, -0.15) is 15.4 Å². The summed E-state index contributed by atoms with van der Waals surface area (Å²) in [6.07, 6.45) is 1.65. The van der Waals surface area contributed by atoms with E-state index in [0.717, 1.165) is 0 Å². The number of rotatable bonds is 3. The van der Waals surface area contributed by atoms with Crippen LogP contribution in [0.5, 0.6) is 0 Å². The molecule has 0 saturated heterocycles. The Morgan fingerprint density at radius 1 is 1.83 bits per heavy atom. The van der Waals surface area contributed by atoms with E-state index in [1.54, 1.807) is 0 Å². The van der Waals surface area contributed by atoms with E-state index in [1.165, 1.54) is 6.20 Å². The highest BCUT2D eigenvalue weighted by Crippen LogP contribution is 1.93. The van der Waals surface area contributed by atoms with Gasteiger partial charge >= 0.3 is 5.97 Å². The average Bonchev–Trinajstić information content (AvgIpc) is 2.39. The van der Waals surface area contributed by atoms with Crippen LogP contribution in [0, 0.1) is 0 Å². The lowest BCUT2D eigenvalue weighted by Gasteiger charge is -2.00. The van der Waals surface area contributed by atoms with E-state index in [2.05, 4.69) is 15.4 Å². The monoisotopic (exact) mass is 192 g/mol. The van der Waals surface area contributed by atoms with Crippen LogP contribution >= 0.6 is 12.4 Å². The maximum absolute atomic E-state index is 10.2. The molecule has 0 aliphatic rings. The van der Waals surface area contributed by atoms with Crippen LogP contribution in [0.2, 0.25) is 0 Å². The zero-order valence-corrected chi connectivity index (χ0v) is 6.91. The molecule has 0 amide bonds. The quantitative estimate of drug-likeness (QED) is 0.581. The molecule has 68 valence electrons. The van der Waals surface area contributed by atoms with Gasteiger partial charge in [0.1, 0.15) is 6.04 Å². The summed E-state index contributed by atoms with van der Waals surface area (Å²) in [5.74, 6) is -1.03. The van der Waals surface area contributed by atoms with E-state index in [4.69, 9.17) is 10.8 Å². The normalized spacial score (nSPS) is 11.8. The summed E-state index contributed by atoms with van der Waals surface area (Å²) in [7, 11) is 0. The summed E-state index contributed by atoms with van der Waals surface area (Å²) in [6, 6.07) is -0.903. The van der Waals surface area contributed by atoms with Gasteiger partial charge in [-0.25, -0.2) is 0 Å². The van der Waals surface area contributed by atoms with Crippen molar-refractivity contribution >= 4 is 18.4 Å². The summed E-state index contributed by atoms with van der Waals surface area (Å²) < 4.78 is 0. The molecule has 0 aliphatic heterocycles. The van der Waals surface area contributed by atoms with Crippen molar-refractivity contribution in [1.29, 1.82) is 0 Å². The molecule has 0 saturated carbocycles. The fourth-order valence-electron chi connectivity index (χ4n) is 0.636. The molecule has 1 unspecified atom stereocenters. The molecule has 1 rings (SSSR count). The standard InChI is InChI=1S/C5H8N4O2.ClH/c6-4(5(10)11)1-3-2-7-9-8-3;/h2,4H,1,6H2,(H,10,11)(H,7,8,9);1H. The Kier molecular flexibility index (Phi) is 4.24. The van der Waals surface area contributed by atoms with Gasteiger partial charge in [-0.05, 0) is 0 Å². The largest absolute Gasteiger partial charge is 0.480 e. The Labute approximate surface area is 74.6 Å². The summed E-state index contributed by atoms with van der Waals surface area (Å²) in [6.45, 7) is 0. The van der Waals surface area contributed by atoms with Gasteiger partial charge in [0.15, 0.2) is 0 Å². The fourth-order valence-corrected chi connectivity index (χ4v) is 0.636. The van der Waals surface area contributed by atoms with Gasteiger partial charge in [-0.1, -0.05) is 0 Å². The van der Waals surface area contributed by atoms with E-state index in [0.29, 0.717) is 5.69 Å². The second-order valence-electron chi connectivity index (χ2n) is 2.11. The molecule has 1 atom stereocenters. The molecule has 0 spiro atoms. The van der Waals surface area contributed by atoms with E-state index < -0.39 is 12.0 Å². The molecule has 1 aromatic heterocycles. The summed E-state index contributed by atoms with van der Waals surface area (Å²) in [5.41, 5.74) is 5.78. The van der Waals surface area contributed by atoms with Gasteiger partial charge in [0.05, 0.1) is 11.9 Å². The van der Waals surface area contributed by atoms with Crippen LogP contribution in [0.15, 0.2) is 6.20 Å². The minimum absolute atomic E-state index is 0. The lowest BCUT2D eigenvalue weighted by molar-refractivity contribution is -0.138. The highest BCUT2D eigenvalue weighted by molar-refractivity contribution is 5.85. The van der Waals surface area contributed by atoms with Gasteiger partial charge in [-0.3, -0.25) is 4.79 Å². The molecule has 0 aliphatic carbocycles. The van der Waals surface area contributed by atoms with Crippen LogP contribution in [0.4, 0.5) is 0 Å². The number of hydrogen-bond donors (Lipinski definition) is 3. The van der Waals surface area contributed by atoms with E-state index >= 15 is 0 Å². The highest BCUT2D eigenvalue weighted by atomic mass is 35.5. The Hall–Kier alpha value is -1.14. The van der Waals surface area contributed by atoms with Crippen LogP contribution in [0.25, 0.3) is 0 Å². The van der Waals surface area contributed by atoms with Crippen LogP contribution in [-0.4, -0.2) is 32.5 Å². The number of carbonyl (C=O) groups is 1. The predicted molar refractivity (Wildman–Crippen MR) is 42.9 cm³/mol. The van der Waals surface area contributed by atoms with Gasteiger partial charge in [0.2, 0.25) is 0 Å². The molecular weight excluding hydrogens is 184 g/mol. The zero-order chi connectivity index (χ0) is 8.27. The molecule has 4 N–H and O–H groups in total. The van der Waals surface area contributed by atoms with Crippen molar-refractivity contribution in [2.24, 2.45) is 5.73 Å². The number of aromatic nitrogens is 3. The molecule has 0 bridgehead atoms. The third-order valence-corrected chi connectivity index (χ3v) is 1.21. The van der Waals surface area contributed by atoms with Gasteiger partial charge in [0, 0.05) is 6.42 Å². The number of nitrogens with zero attached hydrogens (tertiary/aromatic N) is 2. The van der Waals surface area contributed by atoms with Crippen molar-refractivity contribution in [3.05, 3.63) is 11.9 Å². The number of halogens is 1. The number of carboxylic acids is 1. The topological polar surface area (TPSA) is 105 Å². The highest BCUT2D eigenvalue weighted by Gasteiger charge is 2.12. The predicted octanol–water partition coefficient (Wildman–Crippen LogP) is -0.819. The van der Waals surface area contributed by atoms with Crippen molar-refractivity contribution in [1.82, 2.24) is 15.4 Å². The van der Waals surface area contributed by atoms with Crippen molar-refractivity contribution in [3.8, 4) is 0 Å². The molecule has 0 aromatic carbocycles. The second kappa shape index (κ2) is 4.68. The molecule has 1 aromatic rings. The lowest BCUT2D eigenvalue weighted by atomic mass is 10.2. The van der Waals surface area contributed by atoms with Crippen molar-refractivity contribution in [2.45, 2.75) is 12.5 Å². The van der Waals surface area contributed by atoms with Crippen LogP contribution < -0.4 is 5.73 Å². The van der Waals surface area contributed by atoms with Gasteiger partial charge in [0.25, 0.3) is 0 Å². The summed E-state index contributed by atoms with van der Waals surface area (Å²) in [4.78, 5) is 10.2. The Balaban J connectivity index is 0.00000121. The van der Waals surface area contributed by atoms with E-state index in [1.807, 2.05) is 0 Å². The van der Waals surface area contributed by atoms with Crippen LogP contribution in [-0.2, 0) is 11.2 Å². The third-order valence-electron chi connectivity index (χ3n) is 1.21. The Morgan fingerprint density at radius 3 is 2.92 bits per heavy atom. The average molecular weight is 193 g/mol. The summed E-state index contributed by atoms with van der Waals surface area (Å²) in [5, 5.41) is 17.9. The van der Waals surface area contributed by atoms with Gasteiger partial charge < -0.3 is 10.8 Å². The number of nitrogens with one attached hydrogen (secondary N) is 1. The van der Waals surface area contributed by atoms with Crippen LogP contribution in [0.3, 0.4) is 0 Å². The summed E-state index contributed by atoms with van der Waals surface area (Å²) >= 11 is 0. The molecule has 7 heteroatoms. The van der Waals surface area contributed by atoms with Crippen LogP contribution in [0.1, 0.15) is 5.69 Å². The van der Waals surface area contributed by atoms with E-state index in [-0.39, 0.29) is 18.8 Å². The maximum atomic E-state index is 10.2. The molecule has 12 heavy (non-hydrogen) atoms. The third kappa shape index (κ3) is 2.85. The minimum atomic E-state index is -1.03. The first-order valence-corrected chi connectivity index (χ1v) is 3.03. The first-order valence-electron chi connectivity index (χ1n) is 3.03. The SMILES string of the molecule is Cl.NC(Cc1cn[nH]n1)C(=O)O. The minimum Gasteiger partial charge on any atom is -0.480 e. The smallest absolute Gasteiger partial charge is 0.320 e. The molecule has 0 fully saturated rings. The second-order valence-corrected chi connectivity index (χ2v) is 2.11. The number of aromatic amines is 1. The van der Waals surface area contributed by atoms with Crippen molar-refractivity contribution in [3.63, 3.8) is 0 Å². The first-order chi connectivity index (χ1) is 5.20. The number of nitrogens with two attached hydrogens (primary N) is 1. The number of H-pyrrole nitrogens is 1. The molecule has 0 radical (unpaired) electrons. The Morgan fingerprint density at radius 2 is 2.50 bits per heavy atom. The van der Waals surface area contributed by atoms with Gasteiger partial charge in [-0.15, -0.1) is 12.4 Å². The number of carboxylic acid groups (broad SMARTS) is 1. The first kappa shape index (κ1) is 10.9. The van der Waals surface area contributed by atoms with Crippen molar-refractivity contribution in [2.75, 3.05) is 0 Å². The number of hydrogen-bond acceptors (Lipinski definition) is 4. The van der Waals surface area contributed by atoms with E-state index in [9.17, 15) is 4.79 Å². The Bertz CT molecular complexity index is 238. The maximum Gasteiger partial charge on any atom is 0.320 e.